The molecule has 1 aromatic heterocycles. The summed E-state index contributed by atoms with van der Waals surface area (Å²) in [4.78, 5) is 24.2. The molecule has 1 N–H and O–H groups in total. The van der Waals surface area contributed by atoms with Crippen LogP contribution in [0.1, 0.15) is 43.0 Å². The average molecular weight is 376 g/mol. The van der Waals surface area contributed by atoms with Crippen molar-refractivity contribution >= 4 is 5.91 Å². The molecule has 1 aromatic carbocycles. The van der Waals surface area contributed by atoms with Crippen molar-refractivity contribution in [1.82, 2.24) is 9.88 Å². The fraction of sp³-hybridized carbons (Fsp3) is 0.400. The summed E-state index contributed by atoms with van der Waals surface area (Å²) in [5.74, 6) is -1.43. The van der Waals surface area contributed by atoms with Gasteiger partial charge in [0.05, 0.1) is 6.10 Å². The Hall–Kier alpha value is -2.70. The van der Waals surface area contributed by atoms with Crippen molar-refractivity contribution in [2.24, 2.45) is 0 Å². The van der Waals surface area contributed by atoms with Gasteiger partial charge in [0.25, 0.3) is 11.5 Å². The molecule has 0 atom stereocenters. The van der Waals surface area contributed by atoms with Gasteiger partial charge in [-0.25, -0.2) is 8.78 Å². The highest BCUT2D eigenvalue weighted by molar-refractivity contribution is 5.94. The van der Waals surface area contributed by atoms with Gasteiger partial charge in [-0.05, 0) is 38.7 Å². The van der Waals surface area contributed by atoms with Crippen LogP contribution in [0.3, 0.4) is 0 Å². The molecular formula is C20H22F2N2O3. The van der Waals surface area contributed by atoms with Crippen molar-refractivity contribution in [3.63, 3.8) is 0 Å². The van der Waals surface area contributed by atoms with Gasteiger partial charge in [0.15, 0.2) is 0 Å². The largest absolute Gasteiger partial charge is 0.490 e. The molecule has 1 amide bonds. The third kappa shape index (κ3) is 4.93. The molecule has 1 heterocycles. The lowest BCUT2D eigenvalue weighted by Gasteiger charge is -2.29. The van der Waals surface area contributed by atoms with Gasteiger partial charge in [-0.2, -0.15) is 0 Å². The quantitative estimate of drug-likeness (QED) is 0.871. The number of nitrogens with zero attached hydrogens (tertiary/aromatic N) is 1. The molecule has 1 fully saturated rings. The van der Waals surface area contributed by atoms with Gasteiger partial charge in [-0.3, -0.25) is 9.59 Å². The van der Waals surface area contributed by atoms with Crippen LogP contribution >= 0.6 is 0 Å². The Kier molecular flexibility index (Phi) is 5.88. The molecule has 0 saturated heterocycles. The SMILES string of the molecule is CCn1ccc(C(=O)NC2CCC(Oc3cc(F)cc(F)c3)CC2)cc1=O. The summed E-state index contributed by atoms with van der Waals surface area (Å²) in [6.45, 7) is 2.42. The fourth-order valence-corrected chi connectivity index (χ4v) is 3.29. The summed E-state index contributed by atoms with van der Waals surface area (Å²) in [6, 6.07) is 6.08. The second-order valence-corrected chi connectivity index (χ2v) is 6.71. The first-order chi connectivity index (χ1) is 12.9. The molecule has 0 unspecified atom stereocenters. The second-order valence-electron chi connectivity index (χ2n) is 6.71. The van der Waals surface area contributed by atoms with E-state index in [1.54, 1.807) is 12.3 Å². The van der Waals surface area contributed by atoms with Gasteiger partial charge in [0, 0.05) is 48.6 Å². The van der Waals surface area contributed by atoms with Crippen molar-refractivity contribution < 1.29 is 18.3 Å². The van der Waals surface area contributed by atoms with E-state index in [1.165, 1.54) is 10.6 Å². The number of halogens is 2. The standard InChI is InChI=1S/C20H22F2N2O3/c1-2-24-8-7-13(9-19(24)25)20(26)23-16-3-5-17(6-4-16)27-18-11-14(21)10-15(22)12-18/h7-12,16-17H,2-6H2,1H3,(H,23,26). The molecule has 0 aliphatic heterocycles. The van der Waals surface area contributed by atoms with Crippen molar-refractivity contribution in [1.29, 1.82) is 0 Å². The number of aryl methyl sites for hydroxylation is 1. The van der Waals surface area contributed by atoms with Crippen molar-refractivity contribution in [2.45, 2.75) is 51.3 Å². The van der Waals surface area contributed by atoms with Crippen molar-refractivity contribution in [2.75, 3.05) is 0 Å². The first-order valence-electron chi connectivity index (χ1n) is 9.08. The van der Waals surface area contributed by atoms with E-state index in [0.717, 1.165) is 18.2 Å². The zero-order valence-corrected chi connectivity index (χ0v) is 15.1. The Morgan fingerprint density at radius 1 is 1.15 bits per heavy atom. The van der Waals surface area contributed by atoms with Gasteiger partial charge in [0.2, 0.25) is 0 Å². The minimum Gasteiger partial charge on any atom is -0.490 e. The van der Waals surface area contributed by atoms with Crippen molar-refractivity contribution in [3.8, 4) is 5.75 Å². The summed E-state index contributed by atoms with van der Waals surface area (Å²) in [6.07, 6.45) is 4.19. The van der Waals surface area contributed by atoms with Gasteiger partial charge in [-0.15, -0.1) is 0 Å². The van der Waals surface area contributed by atoms with Crippen LogP contribution in [0, 0.1) is 11.6 Å². The molecule has 1 saturated carbocycles. The summed E-state index contributed by atoms with van der Waals surface area (Å²) >= 11 is 0. The molecular weight excluding hydrogens is 354 g/mol. The van der Waals surface area contributed by atoms with Crippen LogP contribution < -0.4 is 15.6 Å². The van der Waals surface area contributed by atoms with E-state index in [0.29, 0.717) is 37.8 Å². The monoisotopic (exact) mass is 376 g/mol. The lowest BCUT2D eigenvalue weighted by Crippen LogP contribution is -2.40. The van der Waals surface area contributed by atoms with E-state index in [2.05, 4.69) is 5.32 Å². The lowest BCUT2D eigenvalue weighted by molar-refractivity contribution is 0.0893. The minimum absolute atomic E-state index is 0.0183. The highest BCUT2D eigenvalue weighted by Crippen LogP contribution is 2.25. The molecule has 1 aliphatic rings. The molecule has 3 rings (SSSR count). The van der Waals surface area contributed by atoms with Crippen LogP contribution in [-0.2, 0) is 6.54 Å². The van der Waals surface area contributed by atoms with E-state index in [1.807, 2.05) is 6.92 Å². The first-order valence-corrected chi connectivity index (χ1v) is 9.08. The zero-order valence-electron chi connectivity index (χ0n) is 15.1. The highest BCUT2D eigenvalue weighted by atomic mass is 19.1. The Bertz CT molecular complexity index is 854. The van der Waals surface area contributed by atoms with Gasteiger partial charge in [0.1, 0.15) is 17.4 Å². The molecule has 0 spiro atoms. The zero-order chi connectivity index (χ0) is 19.4. The third-order valence-electron chi connectivity index (χ3n) is 4.75. The predicted molar refractivity (Wildman–Crippen MR) is 96.9 cm³/mol. The van der Waals surface area contributed by atoms with Crippen LogP contribution in [0.25, 0.3) is 0 Å². The number of ether oxygens (including phenoxy) is 1. The topological polar surface area (TPSA) is 60.3 Å². The molecule has 1 aliphatic carbocycles. The summed E-state index contributed by atoms with van der Waals surface area (Å²) < 4.78 is 33.6. The molecule has 144 valence electrons. The van der Waals surface area contributed by atoms with Gasteiger partial charge in [-0.1, -0.05) is 0 Å². The predicted octanol–water partition coefficient (Wildman–Crippen LogP) is 3.27. The highest BCUT2D eigenvalue weighted by Gasteiger charge is 2.24. The summed E-state index contributed by atoms with van der Waals surface area (Å²) in [5.41, 5.74) is 0.142. The number of benzene rings is 1. The van der Waals surface area contributed by atoms with E-state index >= 15 is 0 Å². The minimum atomic E-state index is -0.670. The Balaban J connectivity index is 1.52. The fourth-order valence-electron chi connectivity index (χ4n) is 3.29. The molecule has 27 heavy (non-hydrogen) atoms. The molecule has 0 radical (unpaired) electrons. The third-order valence-corrected chi connectivity index (χ3v) is 4.75. The number of amides is 1. The molecule has 2 aromatic rings. The van der Waals surface area contributed by atoms with Gasteiger partial charge >= 0.3 is 0 Å². The van der Waals surface area contributed by atoms with Crippen LogP contribution in [0.2, 0.25) is 0 Å². The number of nitrogens with one attached hydrogen (secondary N) is 1. The number of carbonyl (C=O) groups is 1. The number of pyridine rings is 1. The van der Waals surface area contributed by atoms with E-state index in [9.17, 15) is 18.4 Å². The number of hydrogen-bond acceptors (Lipinski definition) is 3. The van der Waals surface area contributed by atoms with Crippen LogP contribution in [0.4, 0.5) is 8.78 Å². The van der Waals surface area contributed by atoms with Crippen LogP contribution in [0.5, 0.6) is 5.75 Å². The average Bonchev–Trinajstić information content (AvgIpc) is 2.62. The van der Waals surface area contributed by atoms with Crippen molar-refractivity contribution in [3.05, 3.63) is 64.1 Å². The Morgan fingerprint density at radius 2 is 1.81 bits per heavy atom. The number of rotatable bonds is 5. The van der Waals surface area contributed by atoms with Gasteiger partial charge < -0.3 is 14.6 Å². The van der Waals surface area contributed by atoms with E-state index in [4.69, 9.17) is 4.74 Å². The molecule has 7 heteroatoms. The maximum absolute atomic E-state index is 13.2. The molecule has 0 bridgehead atoms. The lowest BCUT2D eigenvalue weighted by atomic mass is 9.92. The maximum atomic E-state index is 13.2. The first kappa shape index (κ1) is 19.1. The summed E-state index contributed by atoms with van der Waals surface area (Å²) in [5, 5.41) is 2.94. The Morgan fingerprint density at radius 3 is 2.41 bits per heavy atom. The number of carbonyl (C=O) groups excluding carboxylic acids is 1. The Labute approximate surface area is 156 Å². The van der Waals surface area contributed by atoms with Crippen LogP contribution in [0.15, 0.2) is 41.3 Å². The molecule has 5 nitrogen and oxygen atoms in total. The maximum Gasteiger partial charge on any atom is 0.251 e. The number of hydrogen-bond donors (Lipinski definition) is 1. The summed E-state index contributed by atoms with van der Waals surface area (Å²) in [7, 11) is 0. The number of aromatic nitrogens is 1. The smallest absolute Gasteiger partial charge is 0.251 e. The van der Waals surface area contributed by atoms with E-state index < -0.39 is 11.6 Å². The normalized spacial score (nSPS) is 19.5. The van der Waals surface area contributed by atoms with Crippen LogP contribution in [-0.4, -0.2) is 22.6 Å². The van der Waals surface area contributed by atoms with E-state index in [-0.39, 0.29) is 29.4 Å². The second kappa shape index (κ2) is 8.33.